The fourth-order valence-electron chi connectivity index (χ4n) is 4.88. The molecule has 37 heavy (non-hydrogen) atoms. The van der Waals surface area contributed by atoms with Crippen molar-refractivity contribution in [3.8, 4) is 23.1 Å². The van der Waals surface area contributed by atoms with Crippen LogP contribution < -0.4 is 15.4 Å². The summed E-state index contributed by atoms with van der Waals surface area (Å²) in [4.78, 5) is 44.8. The molecule has 2 aliphatic heterocycles. The van der Waals surface area contributed by atoms with Gasteiger partial charge >= 0.3 is 6.03 Å². The highest BCUT2D eigenvalue weighted by Gasteiger charge is 2.53. The lowest BCUT2D eigenvalue weighted by atomic mass is 9.94. The van der Waals surface area contributed by atoms with Crippen molar-refractivity contribution in [3.63, 3.8) is 0 Å². The molecule has 1 saturated heterocycles. The van der Waals surface area contributed by atoms with E-state index in [2.05, 4.69) is 21.7 Å². The maximum absolute atomic E-state index is 13.2. The highest BCUT2D eigenvalue weighted by Crippen LogP contribution is 2.37. The molecule has 2 aromatic heterocycles. The largest absolute Gasteiger partial charge is 0.497 e. The quantitative estimate of drug-likeness (QED) is 0.408. The SMILES string of the molecule is COc1ccc2c(c1)C(=O)N(CC1(c3cc4c(-c5cccc(C#N)c5)nccc4o3)NC(=O)NC1=O)C2. The average Bonchev–Trinajstić information content (AvgIpc) is 3.57. The Hall–Kier alpha value is -5.17. The van der Waals surface area contributed by atoms with Gasteiger partial charge in [-0.1, -0.05) is 18.2 Å². The zero-order valence-corrected chi connectivity index (χ0v) is 19.6. The molecule has 2 aliphatic rings. The van der Waals surface area contributed by atoms with Crippen LogP contribution in [0.1, 0.15) is 27.2 Å². The summed E-state index contributed by atoms with van der Waals surface area (Å²) >= 11 is 0. The summed E-state index contributed by atoms with van der Waals surface area (Å²) in [6.45, 7) is 0.115. The van der Waals surface area contributed by atoms with Gasteiger partial charge in [-0.2, -0.15) is 5.26 Å². The van der Waals surface area contributed by atoms with E-state index in [0.717, 1.165) is 5.56 Å². The Bertz CT molecular complexity index is 1670. The van der Waals surface area contributed by atoms with E-state index in [-0.39, 0.29) is 24.8 Å². The van der Waals surface area contributed by atoms with Crippen molar-refractivity contribution in [2.75, 3.05) is 13.7 Å². The number of nitrogens with zero attached hydrogens (tertiary/aromatic N) is 3. The number of aromatic nitrogens is 1. The van der Waals surface area contributed by atoms with Crippen LogP contribution in [0.2, 0.25) is 0 Å². The third kappa shape index (κ3) is 3.48. The molecule has 2 aromatic carbocycles. The van der Waals surface area contributed by atoms with Crippen molar-refractivity contribution in [2.24, 2.45) is 0 Å². The molecule has 10 heteroatoms. The van der Waals surface area contributed by atoms with Crippen LogP contribution in [0.4, 0.5) is 4.79 Å². The van der Waals surface area contributed by atoms with Crippen molar-refractivity contribution < 1.29 is 23.5 Å². The molecule has 0 aliphatic carbocycles. The first-order valence-electron chi connectivity index (χ1n) is 11.4. The third-order valence-corrected chi connectivity index (χ3v) is 6.70. The lowest BCUT2D eigenvalue weighted by molar-refractivity contribution is -0.125. The fourth-order valence-corrected chi connectivity index (χ4v) is 4.88. The number of hydrogen-bond acceptors (Lipinski definition) is 7. The lowest BCUT2D eigenvalue weighted by Gasteiger charge is -2.29. The first-order valence-corrected chi connectivity index (χ1v) is 11.4. The molecule has 4 amide bonds. The number of rotatable bonds is 5. The van der Waals surface area contributed by atoms with Crippen LogP contribution in [0, 0.1) is 11.3 Å². The van der Waals surface area contributed by atoms with E-state index in [1.807, 2.05) is 6.07 Å². The topological polar surface area (TPSA) is 138 Å². The first kappa shape index (κ1) is 22.3. The van der Waals surface area contributed by atoms with E-state index in [4.69, 9.17) is 9.15 Å². The van der Waals surface area contributed by atoms with E-state index in [1.165, 1.54) is 12.0 Å². The number of fused-ring (bicyclic) bond motifs is 2. The minimum Gasteiger partial charge on any atom is -0.497 e. The van der Waals surface area contributed by atoms with Crippen LogP contribution in [0.5, 0.6) is 5.75 Å². The number of nitriles is 1. The number of ether oxygens (including phenoxy) is 1. The van der Waals surface area contributed by atoms with Gasteiger partial charge in [-0.05, 0) is 42.0 Å². The number of carbonyl (C=O) groups excluding carboxylic acids is 3. The average molecular weight is 493 g/mol. The zero-order valence-electron chi connectivity index (χ0n) is 19.6. The van der Waals surface area contributed by atoms with Crippen molar-refractivity contribution in [1.82, 2.24) is 20.5 Å². The van der Waals surface area contributed by atoms with Crippen molar-refractivity contribution in [3.05, 3.63) is 83.2 Å². The highest BCUT2D eigenvalue weighted by molar-refractivity contribution is 6.08. The summed E-state index contributed by atoms with van der Waals surface area (Å²) in [7, 11) is 1.52. The molecule has 0 bridgehead atoms. The predicted octanol–water partition coefficient (Wildman–Crippen LogP) is 3.07. The van der Waals surface area contributed by atoms with E-state index in [9.17, 15) is 19.6 Å². The summed E-state index contributed by atoms with van der Waals surface area (Å²) < 4.78 is 11.4. The van der Waals surface area contributed by atoms with Crippen LogP contribution in [0.3, 0.4) is 0 Å². The number of pyridine rings is 1. The smallest absolute Gasteiger partial charge is 0.322 e. The number of imide groups is 1. The van der Waals surface area contributed by atoms with Gasteiger partial charge in [0.25, 0.3) is 11.8 Å². The molecule has 182 valence electrons. The molecule has 1 fully saturated rings. The summed E-state index contributed by atoms with van der Waals surface area (Å²) in [6.07, 6.45) is 1.57. The van der Waals surface area contributed by atoms with Gasteiger partial charge in [-0.25, -0.2) is 4.79 Å². The van der Waals surface area contributed by atoms with Gasteiger partial charge in [0.2, 0.25) is 0 Å². The van der Waals surface area contributed by atoms with E-state index < -0.39 is 17.5 Å². The Labute approximate surface area is 210 Å². The summed E-state index contributed by atoms with van der Waals surface area (Å²) in [5.74, 6) is -0.195. The minimum atomic E-state index is -1.65. The van der Waals surface area contributed by atoms with Crippen molar-refractivity contribution in [1.29, 1.82) is 5.26 Å². The third-order valence-electron chi connectivity index (χ3n) is 6.70. The van der Waals surface area contributed by atoms with Crippen molar-refractivity contribution in [2.45, 2.75) is 12.1 Å². The number of benzene rings is 2. The number of urea groups is 1. The summed E-state index contributed by atoms with van der Waals surface area (Å²) in [6, 6.07) is 17.0. The second-order valence-corrected chi connectivity index (χ2v) is 8.87. The summed E-state index contributed by atoms with van der Waals surface area (Å²) in [5, 5.41) is 14.9. The number of amides is 4. The van der Waals surface area contributed by atoms with Crippen LogP contribution in [0.15, 0.2) is 65.2 Å². The Morgan fingerprint density at radius 3 is 2.78 bits per heavy atom. The Balaban J connectivity index is 1.43. The highest BCUT2D eigenvalue weighted by atomic mass is 16.5. The minimum absolute atomic E-state index is 0.146. The Morgan fingerprint density at radius 1 is 1.16 bits per heavy atom. The van der Waals surface area contributed by atoms with Crippen LogP contribution >= 0.6 is 0 Å². The number of nitrogens with one attached hydrogen (secondary N) is 2. The second kappa shape index (κ2) is 8.20. The van der Waals surface area contributed by atoms with Crippen molar-refractivity contribution >= 4 is 28.8 Å². The molecule has 0 spiro atoms. The molecule has 0 radical (unpaired) electrons. The molecule has 10 nitrogen and oxygen atoms in total. The maximum atomic E-state index is 13.2. The number of carbonyl (C=O) groups is 3. The molecule has 4 aromatic rings. The molecule has 0 saturated carbocycles. The van der Waals surface area contributed by atoms with Gasteiger partial charge in [-0.3, -0.25) is 19.9 Å². The number of hydrogen-bond donors (Lipinski definition) is 2. The van der Waals surface area contributed by atoms with E-state index in [0.29, 0.717) is 39.1 Å². The zero-order chi connectivity index (χ0) is 25.7. The van der Waals surface area contributed by atoms with Gasteiger partial charge < -0.3 is 19.4 Å². The maximum Gasteiger partial charge on any atom is 0.322 e. The molecular weight excluding hydrogens is 474 g/mol. The molecule has 4 heterocycles. The van der Waals surface area contributed by atoms with Gasteiger partial charge in [0.15, 0.2) is 5.54 Å². The van der Waals surface area contributed by atoms with Gasteiger partial charge in [-0.15, -0.1) is 0 Å². The molecule has 2 N–H and O–H groups in total. The molecule has 6 rings (SSSR count). The van der Waals surface area contributed by atoms with Gasteiger partial charge in [0, 0.05) is 29.3 Å². The van der Waals surface area contributed by atoms with Crippen LogP contribution in [-0.4, -0.2) is 41.4 Å². The number of furan rings is 1. The standard InChI is InChI=1S/C27H19N5O5/c1-36-18-6-5-17-13-32(24(33)19(17)10-18)14-27(25(34)30-26(35)31-27)22-11-20-21(37-22)7-8-29-23(20)16-4-2-3-15(9-16)12-28/h2-11H,13-14H2,1H3,(H2,30,31,34,35). The van der Waals surface area contributed by atoms with Gasteiger partial charge in [0.1, 0.15) is 17.1 Å². The second-order valence-electron chi connectivity index (χ2n) is 8.87. The molecule has 1 unspecified atom stereocenters. The van der Waals surface area contributed by atoms with E-state index >= 15 is 0 Å². The summed E-state index contributed by atoms with van der Waals surface area (Å²) in [5.41, 5.74) is 1.79. The van der Waals surface area contributed by atoms with Crippen LogP contribution in [0.25, 0.3) is 22.2 Å². The molecular formula is C27H19N5O5. The predicted molar refractivity (Wildman–Crippen MR) is 130 cm³/mol. The monoisotopic (exact) mass is 493 g/mol. The van der Waals surface area contributed by atoms with E-state index in [1.54, 1.807) is 54.7 Å². The first-order chi connectivity index (χ1) is 17.9. The normalized spacial score (nSPS) is 18.5. The number of methoxy groups -OCH3 is 1. The Kier molecular flexibility index (Phi) is 4.94. The van der Waals surface area contributed by atoms with Crippen LogP contribution in [-0.2, 0) is 16.9 Å². The Morgan fingerprint density at radius 2 is 2.03 bits per heavy atom. The fraction of sp³-hybridized carbons (Fsp3) is 0.148. The lowest BCUT2D eigenvalue weighted by Crippen LogP contribution is -2.52. The molecule has 1 atom stereocenters. The van der Waals surface area contributed by atoms with Gasteiger partial charge in [0.05, 0.1) is 31.0 Å².